The molecule has 8 heteroatoms. The Morgan fingerprint density at radius 3 is 2.58 bits per heavy atom. The maximum atomic E-state index is 10.6. The van der Waals surface area contributed by atoms with E-state index in [2.05, 4.69) is 20.5 Å². The van der Waals surface area contributed by atoms with Gasteiger partial charge in [0.05, 0.1) is 11.0 Å². The van der Waals surface area contributed by atoms with Crippen LogP contribution in [0.3, 0.4) is 0 Å². The molecule has 0 radical (unpaired) electrons. The summed E-state index contributed by atoms with van der Waals surface area (Å²) in [6, 6.07) is 10.2. The van der Waals surface area contributed by atoms with Crippen LogP contribution in [0.25, 0.3) is 0 Å². The van der Waals surface area contributed by atoms with Crippen molar-refractivity contribution in [2.45, 2.75) is 6.04 Å². The van der Waals surface area contributed by atoms with Gasteiger partial charge in [0.15, 0.2) is 5.11 Å². The standard InChI is InChI=1S/C16H19N5O2S/c1-20(2)15(12-4-3-9-17-10-12)11-18-16(24)19-13-5-7-14(8-6-13)21(22)23/h3-10,15H,11H2,1-2H3,(H2,18,19,24). The number of thiocarbonyl (C=S) groups is 1. The normalized spacial score (nSPS) is 11.8. The first-order valence-electron chi connectivity index (χ1n) is 7.33. The van der Waals surface area contributed by atoms with Gasteiger partial charge in [-0.25, -0.2) is 0 Å². The average Bonchev–Trinajstić information content (AvgIpc) is 2.56. The lowest BCUT2D eigenvalue weighted by molar-refractivity contribution is -0.384. The Labute approximate surface area is 145 Å². The van der Waals surface area contributed by atoms with Crippen molar-refractivity contribution in [2.24, 2.45) is 0 Å². The van der Waals surface area contributed by atoms with Crippen molar-refractivity contribution >= 4 is 28.7 Å². The van der Waals surface area contributed by atoms with E-state index >= 15 is 0 Å². The molecule has 0 fully saturated rings. The highest BCUT2D eigenvalue weighted by atomic mass is 32.1. The molecule has 0 saturated heterocycles. The van der Waals surface area contributed by atoms with Gasteiger partial charge < -0.3 is 15.5 Å². The summed E-state index contributed by atoms with van der Waals surface area (Å²) in [6.07, 6.45) is 3.57. The van der Waals surface area contributed by atoms with E-state index in [4.69, 9.17) is 12.2 Å². The highest BCUT2D eigenvalue weighted by Crippen LogP contribution is 2.17. The van der Waals surface area contributed by atoms with Crippen LogP contribution in [-0.2, 0) is 0 Å². The molecule has 0 spiro atoms. The summed E-state index contributed by atoms with van der Waals surface area (Å²) in [6.45, 7) is 0.609. The molecule has 0 aliphatic carbocycles. The minimum Gasteiger partial charge on any atom is -0.361 e. The second kappa shape index (κ2) is 8.32. The van der Waals surface area contributed by atoms with Crippen LogP contribution in [0.1, 0.15) is 11.6 Å². The number of rotatable bonds is 6. The fraction of sp³-hybridized carbons (Fsp3) is 0.250. The number of pyridine rings is 1. The van der Waals surface area contributed by atoms with Crippen LogP contribution in [-0.4, -0.2) is 40.6 Å². The molecular weight excluding hydrogens is 326 g/mol. The van der Waals surface area contributed by atoms with Crippen molar-refractivity contribution < 1.29 is 4.92 Å². The van der Waals surface area contributed by atoms with Crippen molar-refractivity contribution in [3.05, 3.63) is 64.5 Å². The van der Waals surface area contributed by atoms with Crippen LogP contribution in [0.5, 0.6) is 0 Å². The zero-order valence-corrected chi connectivity index (χ0v) is 14.3. The van der Waals surface area contributed by atoms with Crippen molar-refractivity contribution in [3.8, 4) is 0 Å². The molecule has 2 rings (SSSR count). The first kappa shape index (κ1) is 17.8. The molecule has 2 N–H and O–H groups in total. The maximum absolute atomic E-state index is 10.6. The van der Waals surface area contributed by atoms with Gasteiger partial charge in [0.1, 0.15) is 0 Å². The zero-order chi connectivity index (χ0) is 17.5. The van der Waals surface area contributed by atoms with E-state index in [0.717, 1.165) is 5.56 Å². The van der Waals surface area contributed by atoms with Gasteiger partial charge >= 0.3 is 0 Å². The largest absolute Gasteiger partial charge is 0.361 e. The summed E-state index contributed by atoms with van der Waals surface area (Å²) >= 11 is 5.29. The monoisotopic (exact) mass is 345 g/mol. The Morgan fingerprint density at radius 1 is 1.33 bits per heavy atom. The third kappa shape index (κ3) is 4.97. The summed E-state index contributed by atoms with van der Waals surface area (Å²) < 4.78 is 0. The van der Waals surface area contributed by atoms with Gasteiger partial charge in [-0.05, 0) is 50.1 Å². The second-order valence-corrected chi connectivity index (χ2v) is 5.81. The predicted molar refractivity (Wildman–Crippen MR) is 98.0 cm³/mol. The molecule has 0 amide bonds. The topological polar surface area (TPSA) is 83.3 Å². The number of nitrogens with one attached hydrogen (secondary N) is 2. The SMILES string of the molecule is CN(C)C(CNC(=S)Nc1ccc([N+](=O)[O-])cc1)c1cccnc1. The van der Waals surface area contributed by atoms with Gasteiger partial charge in [0, 0.05) is 36.8 Å². The van der Waals surface area contributed by atoms with E-state index in [1.54, 1.807) is 18.3 Å². The van der Waals surface area contributed by atoms with Gasteiger partial charge in [-0.3, -0.25) is 15.1 Å². The molecule has 24 heavy (non-hydrogen) atoms. The van der Waals surface area contributed by atoms with E-state index in [1.165, 1.54) is 12.1 Å². The summed E-state index contributed by atoms with van der Waals surface area (Å²) in [4.78, 5) is 16.4. The lowest BCUT2D eigenvalue weighted by atomic mass is 10.1. The molecule has 1 atom stereocenters. The number of anilines is 1. The first-order chi connectivity index (χ1) is 11.5. The minimum absolute atomic E-state index is 0.0451. The average molecular weight is 345 g/mol. The van der Waals surface area contributed by atoms with Crippen LogP contribution in [0.4, 0.5) is 11.4 Å². The summed E-state index contributed by atoms with van der Waals surface area (Å²) in [7, 11) is 3.98. The predicted octanol–water partition coefficient (Wildman–Crippen LogP) is 2.58. The van der Waals surface area contributed by atoms with E-state index in [0.29, 0.717) is 17.3 Å². The van der Waals surface area contributed by atoms with Crippen molar-refractivity contribution in [1.29, 1.82) is 0 Å². The number of benzene rings is 1. The molecule has 7 nitrogen and oxygen atoms in total. The quantitative estimate of drug-likeness (QED) is 0.473. The maximum Gasteiger partial charge on any atom is 0.269 e. The molecule has 0 aliphatic heterocycles. The van der Waals surface area contributed by atoms with E-state index in [9.17, 15) is 10.1 Å². The number of nitro benzene ring substituents is 1. The molecule has 0 bridgehead atoms. The number of aromatic nitrogens is 1. The van der Waals surface area contributed by atoms with Gasteiger partial charge in [-0.15, -0.1) is 0 Å². The fourth-order valence-electron chi connectivity index (χ4n) is 2.20. The van der Waals surface area contributed by atoms with Crippen LogP contribution in [0, 0.1) is 10.1 Å². The second-order valence-electron chi connectivity index (χ2n) is 5.40. The molecule has 1 aromatic heterocycles. The number of nitrogens with zero attached hydrogens (tertiary/aromatic N) is 3. The van der Waals surface area contributed by atoms with Gasteiger partial charge in [-0.1, -0.05) is 6.07 Å². The number of likely N-dealkylation sites (N-methyl/N-ethyl adjacent to an activating group) is 1. The highest BCUT2D eigenvalue weighted by molar-refractivity contribution is 7.80. The summed E-state index contributed by atoms with van der Waals surface area (Å²) in [5, 5.41) is 17.3. The number of non-ortho nitro benzene ring substituents is 1. The minimum atomic E-state index is -0.435. The van der Waals surface area contributed by atoms with Crippen molar-refractivity contribution in [1.82, 2.24) is 15.2 Å². The molecule has 0 aliphatic rings. The Kier molecular flexibility index (Phi) is 6.16. The highest BCUT2D eigenvalue weighted by Gasteiger charge is 2.14. The summed E-state index contributed by atoms with van der Waals surface area (Å²) in [5.41, 5.74) is 1.83. The molecule has 0 saturated carbocycles. The van der Waals surface area contributed by atoms with E-state index < -0.39 is 4.92 Å². The van der Waals surface area contributed by atoms with Gasteiger partial charge in [0.25, 0.3) is 5.69 Å². The molecular formula is C16H19N5O2S. The fourth-order valence-corrected chi connectivity index (χ4v) is 2.40. The number of hydrogen-bond acceptors (Lipinski definition) is 5. The molecule has 1 unspecified atom stereocenters. The molecule has 2 aromatic rings. The number of hydrogen-bond donors (Lipinski definition) is 2. The Bertz CT molecular complexity index is 691. The zero-order valence-electron chi connectivity index (χ0n) is 13.5. The van der Waals surface area contributed by atoms with Crippen LogP contribution in [0.15, 0.2) is 48.8 Å². The lowest BCUT2D eigenvalue weighted by Crippen LogP contribution is -2.36. The van der Waals surface area contributed by atoms with Crippen molar-refractivity contribution in [3.63, 3.8) is 0 Å². The number of nitro groups is 1. The van der Waals surface area contributed by atoms with Gasteiger partial charge in [-0.2, -0.15) is 0 Å². The third-order valence-electron chi connectivity index (χ3n) is 3.48. The Hall–Kier alpha value is -2.58. The van der Waals surface area contributed by atoms with E-state index in [1.807, 2.05) is 32.4 Å². The van der Waals surface area contributed by atoms with Crippen LogP contribution < -0.4 is 10.6 Å². The van der Waals surface area contributed by atoms with Crippen LogP contribution in [0.2, 0.25) is 0 Å². The third-order valence-corrected chi connectivity index (χ3v) is 3.73. The first-order valence-corrected chi connectivity index (χ1v) is 7.74. The van der Waals surface area contributed by atoms with Gasteiger partial charge in [0.2, 0.25) is 0 Å². The van der Waals surface area contributed by atoms with E-state index in [-0.39, 0.29) is 11.7 Å². The molecule has 126 valence electrons. The Morgan fingerprint density at radius 2 is 2.04 bits per heavy atom. The summed E-state index contributed by atoms with van der Waals surface area (Å²) in [5.74, 6) is 0. The molecule has 1 aromatic carbocycles. The van der Waals surface area contributed by atoms with Crippen molar-refractivity contribution in [2.75, 3.05) is 26.0 Å². The molecule has 1 heterocycles. The smallest absolute Gasteiger partial charge is 0.269 e. The Balaban J connectivity index is 1.92. The lowest BCUT2D eigenvalue weighted by Gasteiger charge is -2.25. The van der Waals surface area contributed by atoms with Crippen LogP contribution >= 0.6 is 12.2 Å².